The molecule has 1 unspecified atom stereocenters. The summed E-state index contributed by atoms with van der Waals surface area (Å²) in [5.41, 5.74) is 13.2. The van der Waals surface area contributed by atoms with Gasteiger partial charge in [-0.2, -0.15) is 0 Å². The van der Waals surface area contributed by atoms with E-state index in [-0.39, 0.29) is 11.8 Å². The lowest BCUT2D eigenvalue weighted by molar-refractivity contribution is -0.122. The van der Waals surface area contributed by atoms with Crippen LogP contribution in [0.1, 0.15) is 18.4 Å². The summed E-state index contributed by atoms with van der Waals surface area (Å²) in [4.78, 5) is 13.5. The van der Waals surface area contributed by atoms with Crippen LogP contribution in [0.5, 0.6) is 0 Å². The number of halogens is 1. The Hall–Kier alpha value is -1.26. The Labute approximate surface area is 112 Å². The molecule has 2 rings (SSSR count). The number of hydrogen-bond acceptors (Lipinski definition) is 3. The monoisotopic (exact) mass is 267 g/mol. The quantitative estimate of drug-likeness (QED) is 0.872. The van der Waals surface area contributed by atoms with E-state index >= 15 is 0 Å². The second kappa shape index (κ2) is 5.59. The maximum atomic E-state index is 11.3. The van der Waals surface area contributed by atoms with Crippen molar-refractivity contribution in [3.63, 3.8) is 0 Å². The van der Waals surface area contributed by atoms with Crippen molar-refractivity contribution in [3.05, 3.63) is 28.8 Å². The fourth-order valence-corrected chi connectivity index (χ4v) is 2.60. The third-order valence-corrected chi connectivity index (χ3v) is 3.67. The van der Waals surface area contributed by atoms with E-state index in [1.165, 1.54) is 0 Å². The highest BCUT2D eigenvalue weighted by Crippen LogP contribution is 2.28. The van der Waals surface area contributed by atoms with Crippen LogP contribution in [0.3, 0.4) is 0 Å². The predicted octanol–water partition coefficient (Wildman–Crippen LogP) is 1.50. The summed E-state index contributed by atoms with van der Waals surface area (Å²) in [6, 6.07) is 5.68. The Morgan fingerprint density at radius 2 is 2.28 bits per heavy atom. The van der Waals surface area contributed by atoms with Crippen molar-refractivity contribution in [2.45, 2.75) is 19.4 Å². The van der Waals surface area contributed by atoms with Gasteiger partial charge in [-0.3, -0.25) is 4.79 Å². The average molecular weight is 268 g/mol. The number of benzene rings is 1. The number of piperidine rings is 1. The molecule has 0 bridgehead atoms. The second-order valence-electron chi connectivity index (χ2n) is 4.66. The summed E-state index contributed by atoms with van der Waals surface area (Å²) in [6.45, 7) is 2.03. The number of rotatable bonds is 3. The molecule has 1 fully saturated rings. The van der Waals surface area contributed by atoms with Crippen LogP contribution in [0, 0.1) is 5.92 Å². The van der Waals surface area contributed by atoms with Gasteiger partial charge in [-0.1, -0.05) is 17.7 Å². The number of amides is 1. The van der Waals surface area contributed by atoms with Crippen molar-refractivity contribution >= 4 is 23.2 Å². The Bertz CT molecular complexity index is 450. The van der Waals surface area contributed by atoms with Crippen molar-refractivity contribution in [1.29, 1.82) is 0 Å². The highest BCUT2D eigenvalue weighted by Gasteiger charge is 2.25. The van der Waals surface area contributed by atoms with E-state index in [1.54, 1.807) is 0 Å². The number of nitrogens with zero attached hydrogens (tertiary/aromatic N) is 1. The molecule has 18 heavy (non-hydrogen) atoms. The van der Waals surface area contributed by atoms with Crippen LogP contribution in [-0.2, 0) is 11.3 Å². The molecule has 1 aliphatic heterocycles. The molecule has 1 heterocycles. The van der Waals surface area contributed by atoms with E-state index in [0.29, 0.717) is 18.1 Å². The van der Waals surface area contributed by atoms with Gasteiger partial charge >= 0.3 is 0 Å². The lowest BCUT2D eigenvalue weighted by Crippen LogP contribution is -2.41. The SMILES string of the molecule is NCc1ccc(Cl)cc1N1CCCC(C(N)=O)C1. The minimum Gasteiger partial charge on any atom is -0.370 e. The van der Waals surface area contributed by atoms with E-state index in [9.17, 15) is 4.79 Å². The summed E-state index contributed by atoms with van der Waals surface area (Å²) in [6.07, 6.45) is 1.83. The molecule has 1 atom stereocenters. The first-order valence-corrected chi connectivity index (χ1v) is 6.52. The highest BCUT2D eigenvalue weighted by molar-refractivity contribution is 6.30. The van der Waals surface area contributed by atoms with Crippen LogP contribution < -0.4 is 16.4 Å². The molecular formula is C13H18ClN3O. The molecule has 4 N–H and O–H groups in total. The molecule has 1 aliphatic rings. The number of carbonyl (C=O) groups excluding carboxylic acids is 1. The first kappa shape index (κ1) is 13.2. The molecule has 0 aliphatic carbocycles. The van der Waals surface area contributed by atoms with E-state index in [0.717, 1.165) is 30.6 Å². The van der Waals surface area contributed by atoms with Crippen LogP contribution in [0.2, 0.25) is 5.02 Å². The smallest absolute Gasteiger partial charge is 0.222 e. The molecule has 5 heteroatoms. The maximum absolute atomic E-state index is 11.3. The van der Waals surface area contributed by atoms with E-state index in [2.05, 4.69) is 4.90 Å². The summed E-state index contributed by atoms with van der Waals surface area (Å²) in [5, 5.41) is 0.684. The molecule has 1 saturated heterocycles. The average Bonchev–Trinajstić information content (AvgIpc) is 2.39. The van der Waals surface area contributed by atoms with Crippen LogP contribution in [0.4, 0.5) is 5.69 Å². The van der Waals surface area contributed by atoms with Gasteiger partial charge in [0.25, 0.3) is 0 Å². The Balaban J connectivity index is 2.25. The Morgan fingerprint density at radius 1 is 1.50 bits per heavy atom. The zero-order valence-electron chi connectivity index (χ0n) is 10.2. The first-order chi connectivity index (χ1) is 8.61. The zero-order valence-corrected chi connectivity index (χ0v) is 11.0. The number of nitrogens with two attached hydrogens (primary N) is 2. The van der Waals surface area contributed by atoms with Gasteiger partial charge in [0.15, 0.2) is 0 Å². The molecule has 0 radical (unpaired) electrons. The third-order valence-electron chi connectivity index (χ3n) is 3.43. The molecular weight excluding hydrogens is 250 g/mol. The minimum absolute atomic E-state index is 0.0802. The van der Waals surface area contributed by atoms with Gasteiger partial charge in [0.2, 0.25) is 5.91 Å². The maximum Gasteiger partial charge on any atom is 0.222 e. The van der Waals surface area contributed by atoms with Gasteiger partial charge in [0.1, 0.15) is 0 Å². The van der Waals surface area contributed by atoms with Gasteiger partial charge in [0, 0.05) is 30.3 Å². The highest BCUT2D eigenvalue weighted by atomic mass is 35.5. The normalized spacial score (nSPS) is 19.9. The van der Waals surface area contributed by atoms with Gasteiger partial charge < -0.3 is 16.4 Å². The van der Waals surface area contributed by atoms with Crippen molar-refractivity contribution < 1.29 is 4.79 Å². The van der Waals surface area contributed by atoms with Crippen LogP contribution in [0.15, 0.2) is 18.2 Å². The second-order valence-corrected chi connectivity index (χ2v) is 5.10. The van der Waals surface area contributed by atoms with Crippen molar-refractivity contribution in [2.75, 3.05) is 18.0 Å². The Morgan fingerprint density at radius 3 is 2.94 bits per heavy atom. The number of carbonyl (C=O) groups is 1. The molecule has 0 saturated carbocycles. The zero-order chi connectivity index (χ0) is 13.1. The molecule has 98 valence electrons. The summed E-state index contributed by atoms with van der Waals surface area (Å²) in [7, 11) is 0. The fourth-order valence-electron chi connectivity index (χ4n) is 2.43. The molecule has 1 aromatic carbocycles. The van der Waals surface area contributed by atoms with E-state index in [4.69, 9.17) is 23.1 Å². The molecule has 0 spiro atoms. The lowest BCUT2D eigenvalue weighted by atomic mass is 9.96. The van der Waals surface area contributed by atoms with Gasteiger partial charge in [-0.25, -0.2) is 0 Å². The third kappa shape index (κ3) is 2.76. The van der Waals surface area contributed by atoms with Crippen molar-refractivity contribution in [1.82, 2.24) is 0 Å². The van der Waals surface area contributed by atoms with E-state index in [1.807, 2.05) is 18.2 Å². The Kier molecular flexibility index (Phi) is 4.09. The summed E-state index contributed by atoms with van der Waals surface area (Å²) >= 11 is 6.03. The lowest BCUT2D eigenvalue weighted by Gasteiger charge is -2.34. The molecule has 0 aromatic heterocycles. The molecule has 1 aromatic rings. The van der Waals surface area contributed by atoms with Gasteiger partial charge in [-0.15, -0.1) is 0 Å². The number of anilines is 1. The van der Waals surface area contributed by atoms with Crippen LogP contribution in [0.25, 0.3) is 0 Å². The van der Waals surface area contributed by atoms with Crippen molar-refractivity contribution in [3.8, 4) is 0 Å². The summed E-state index contributed by atoms with van der Waals surface area (Å²) in [5.74, 6) is -0.306. The number of primary amides is 1. The largest absolute Gasteiger partial charge is 0.370 e. The van der Waals surface area contributed by atoms with Crippen LogP contribution >= 0.6 is 11.6 Å². The van der Waals surface area contributed by atoms with Gasteiger partial charge in [0.05, 0.1) is 5.92 Å². The van der Waals surface area contributed by atoms with Gasteiger partial charge in [-0.05, 0) is 30.5 Å². The fraction of sp³-hybridized carbons (Fsp3) is 0.462. The number of hydrogen-bond donors (Lipinski definition) is 2. The standard InChI is InChI=1S/C13H18ClN3O/c14-11-4-3-9(7-15)12(6-11)17-5-1-2-10(8-17)13(16)18/h3-4,6,10H,1-2,5,7-8,15H2,(H2,16,18). The minimum atomic E-state index is -0.226. The summed E-state index contributed by atoms with van der Waals surface area (Å²) < 4.78 is 0. The van der Waals surface area contributed by atoms with Crippen LogP contribution in [-0.4, -0.2) is 19.0 Å². The molecule has 4 nitrogen and oxygen atoms in total. The van der Waals surface area contributed by atoms with E-state index < -0.39 is 0 Å². The first-order valence-electron chi connectivity index (χ1n) is 6.14. The molecule has 1 amide bonds. The topological polar surface area (TPSA) is 72.3 Å². The predicted molar refractivity (Wildman–Crippen MR) is 73.5 cm³/mol. The van der Waals surface area contributed by atoms with Crippen molar-refractivity contribution in [2.24, 2.45) is 17.4 Å².